The molecular formula is C16H30N4O2. The van der Waals surface area contributed by atoms with Crippen molar-refractivity contribution in [2.75, 3.05) is 20.1 Å². The van der Waals surface area contributed by atoms with Crippen LogP contribution in [-0.4, -0.2) is 54.8 Å². The molecule has 2 aliphatic rings. The van der Waals surface area contributed by atoms with Gasteiger partial charge < -0.3 is 20.3 Å². The summed E-state index contributed by atoms with van der Waals surface area (Å²) in [5, 5.41) is 6.66. The number of carbonyl (C=O) groups is 1. The average Bonchev–Trinajstić information content (AvgIpc) is 3.30. The number of nitrogens with zero attached hydrogens (tertiary/aromatic N) is 2. The van der Waals surface area contributed by atoms with E-state index in [1.54, 1.807) is 7.05 Å². The molecule has 0 spiro atoms. The fourth-order valence-electron chi connectivity index (χ4n) is 2.32. The standard InChI is InChI=1S/C16H30N4O2/c1-11-10-13(11)19-14(17-5)18-8-9-20(12-6-7-12)15(21)22-16(2,3)4/h11-13H,6-10H2,1-5H3,(H2,17,18,19). The van der Waals surface area contributed by atoms with Crippen LogP contribution in [0, 0.1) is 5.92 Å². The van der Waals surface area contributed by atoms with Crippen molar-refractivity contribution in [3.8, 4) is 0 Å². The molecule has 2 unspecified atom stereocenters. The minimum Gasteiger partial charge on any atom is -0.444 e. The Morgan fingerprint density at radius 1 is 1.36 bits per heavy atom. The van der Waals surface area contributed by atoms with Gasteiger partial charge in [0.2, 0.25) is 0 Å². The molecule has 2 saturated carbocycles. The van der Waals surface area contributed by atoms with Crippen LogP contribution in [0.5, 0.6) is 0 Å². The maximum Gasteiger partial charge on any atom is 0.410 e. The largest absolute Gasteiger partial charge is 0.444 e. The molecule has 0 aromatic carbocycles. The highest BCUT2D eigenvalue weighted by Gasteiger charge is 2.35. The molecule has 6 nitrogen and oxygen atoms in total. The molecule has 6 heteroatoms. The van der Waals surface area contributed by atoms with Crippen molar-refractivity contribution >= 4 is 12.1 Å². The lowest BCUT2D eigenvalue weighted by atomic mass is 10.2. The summed E-state index contributed by atoms with van der Waals surface area (Å²) in [4.78, 5) is 18.3. The van der Waals surface area contributed by atoms with Crippen LogP contribution in [0.3, 0.4) is 0 Å². The molecule has 2 fully saturated rings. The normalized spacial score (nSPS) is 24.7. The molecule has 0 aromatic heterocycles. The average molecular weight is 310 g/mol. The van der Waals surface area contributed by atoms with Gasteiger partial charge in [0.25, 0.3) is 0 Å². The number of hydrogen-bond acceptors (Lipinski definition) is 3. The third-order valence-electron chi connectivity index (χ3n) is 3.92. The van der Waals surface area contributed by atoms with Crippen molar-refractivity contribution in [3.05, 3.63) is 0 Å². The minimum absolute atomic E-state index is 0.212. The summed E-state index contributed by atoms with van der Waals surface area (Å²) in [6.07, 6.45) is 3.14. The number of guanidine groups is 1. The summed E-state index contributed by atoms with van der Waals surface area (Å²) in [6.45, 7) is 9.24. The van der Waals surface area contributed by atoms with E-state index in [-0.39, 0.29) is 6.09 Å². The Morgan fingerprint density at radius 3 is 2.45 bits per heavy atom. The second kappa shape index (κ2) is 6.75. The van der Waals surface area contributed by atoms with Gasteiger partial charge in [-0.25, -0.2) is 4.79 Å². The summed E-state index contributed by atoms with van der Waals surface area (Å²) in [6, 6.07) is 0.881. The van der Waals surface area contributed by atoms with E-state index in [4.69, 9.17) is 4.74 Å². The Morgan fingerprint density at radius 2 is 2.00 bits per heavy atom. The van der Waals surface area contributed by atoms with Gasteiger partial charge in [-0.05, 0) is 46.0 Å². The predicted molar refractivity (Wildman–Crippen MR) is 88.0 cm³/mol. The van der Waals surface area contributed by atoms with Gasteiger partial charge in [0.15, 0.2) is 5.96 Å². The highest BCUT2D eigenvalue weighted by molar-refractivity contribution is 5.80. The van der Waals surface area contributed by atoms with Crippen LogP contribution < -0.4 is 10.6 Å². The van der Waals surface area contributed by atoms with E-state index < -0.39 is 5.60 Å². The molecule has 2 aliphatic carbocycles. The summed E-state index contributed by atoms with van der Waals surface area (Å²) < 4.78 is 5.49. The molecule has 0 saturated heterocycles. The zero-order chi connectivity index (χ0) is 16.3. The Balaban J connectivity index is 1.75. The van der Waals surface area contributed by atoms with Gasteiger partial charge in [0.1, 0.15) is 5.60 Å². The lowest BCUT2D eigenvalue weighted by Crippen LogP contribution is -2.45. The van der Waals surface area contributed by atoms with E-state index in [0.717, 1.165) is 24.7 Å². The van der Waals surface area contributed by atoms with Gasteiger partial charge in [-0.3, -0.25) is 4.99 Å². The first-order chi connectivity index (χ1) is 10.3. The molecule has 1 amide bonds. The predicted octanol–water partition coefficient (Wildman–Crippen LogP) is 1.96. The van der Waals surface area contributed by atoms with E-state index in [1.807, 2.05) is 25.7 Å². The Bertz CT molecular complexity index is 426. The zero-order valence-corrected chi connectivity index (χ0v) is 14.5. The highest BCUT2D eigenvalue weighted by Crippen LogP contribution is 2.29. The van der Waals surface area contributed by atoms with E-state index in [9.17, 15) is 4.79 Å². The van der Waals surface area contributed by atoms with Crippen molar-refractivity contribution in [2.45, 2.75) is 64.6 Å². The van der Waals surface area contributed by atoms with Crippen molar-refractivity contribution in [3.63, 3.8) is 0 Å². The smallest absolute Gasteiger partial charge is 0.410 e. The number of nitrogens with one attached hydrogen (secondary N) is 2. The molecule has 126 valence electrons. The lowest BCUT2D eigenvalue weighted by molar-refractivity contribution is 0.0238. The van der Waals surface area contributed by atoms with E-state index in [1.165, 1.54) is 6.42 Å². The number of aliphatic imine (C=N–C) groups is 1. The van der Waals surface area contributed by atoms with Crippen molar-refractivity contribution in [1.29, 1.82) is 0 Å². The summed E-state index contributed by atoms with van der Waals surface area (Å²) in [5.41, 5.74) is -0.447. The van der Waals surface area contributed by atoms with Crippen molar-refractivity contribution in [2.24, 2.45) is 10.9 Å². The first-order valence-electron chi connectivity index (χ1n) is 8.27. The second-order valence-electron chi connectivity index (χ2n) is 7.37. The minimum atomic E-state index is -0.447. The SMILES string of the molecule is CN=C(NCCN(C(=O)OC(C)(C)C)C1CC1)NC1CC1C. The molecule has 22 heavy (non-hydrogen) atoms. The fraction of sp³-hybridized carbons (Fsp3) is 0.875. The molecule has 0 heterocycles. The van der Waals surface area contributed by atoms with Gasteiger partial charge >= 0.3 is 6.09 Å². The zero-order valence-electron chi connectivity index (χ0n) is 14.5. The molecular weight excluding hydrogens is 280 g/mol. The number of amides is 1. The van der Waals surface area contributed by atoms with Crippen molar-refractivity contribution in [1.82, 2.24) is 15.5 Å². The third kappa shape index (κ3) is 5.39. The van der Waals surface area contributed by atoms with Crippen LogP contribution in [-0.2, 0) is 4.74 Å². The summed E-state index contributed by atoms with van der Waals surface area (Å²) in [7, 11) is 1.77. The van der Waals surface area contributed by atoms with Gasteiger partial charge in [-0.1, -0.05) is 6.92 Å². The molecule has 2 rings (SSSR count). The monoisotopic (exact) mass is 310 g/mol. The van der Waals surface area contributed by atoms with Crippen molar-refractivity contribution < 1.29 is 9.53 Å². The number of carbonyl (C=O) groups excluding carboxylic acids is 1. The van der Waals surface area contributed by atoms with Gasteiger partial charge in [-0.2, -0.15) is 0 Å². The van der Waals surface area contributed by atoms with Crippen LogP contribution >= 0.6 is 0 Å². The topological polar surface area (TPSA) is 66.0 Å². The quantitative estimate of drug-likeness (QED) is 0.602. The highest BCUT2D eigenvalue weighted by atomic mass is 16.6. The lowest BCUT2D eigenvalue weighted by Gasteiger charge is -2.27. The van der Waals surface area contributed by atoms with Gasteiger partial charge in [-0.15, -0.1) is 0 Å². The first-order valence-corrected chi connectivity index (χ1v) is 8.27. The second-order valence-corrected chi connectivity index (χ2v) is 7.37. The summed E-state index contributed by atoms with van der Waals surface area (Å²) >= 11 is 0. The van der Waals surface area contributed by atoms with Crippen LogP contribution in [0.1, 0.15) is 47.0 Å². The Kier molecular flexibility index (Phi) is 5.19. The molecule has 0 aliphatic heterocycles. The molecule has 0 bridgehead atoms. The Labute approximate surface area is 133 Å². The van der Waals surface area contributed by atoms with Crippen LogP contribution in [0.15, 0.2) is 4.99 Å². The van der Waals surface area contributed by atoms with E-state index in [0.29, 0.717) is 25.2 Å². The number of rotatable bonds is 5. The maximum atomic E-state index is 12.2. The molecule has 0 radical (unpaired) electrons. The molecule has 2 N–H and O–H groups in total. The van der Waals surface area contributed by atoms with E-state index in [2.05, 4.69) is 22.5 Å². The number of ether oxygens (including phenoxy) is 1. The van der Waals surface area contributed by atoms with Gasteiger partial charge in [0.05, 0.1) is 0 Å². The van der Waals surface area contributed by atoms with Crippen LogP contribution in [0.2, 0.25) is 0 Å². The molecule has 0 aromatic rings. The van der Waals surface area contributed by atoms with Crippen LogP contribution in [0.4, 0.5) is 4.79 Å². The van der Waals surface area contributed by atoms with Crippen LogP contribution in [0.25, 0.3) is 0 Å². The third-order valence-corrected chi connectivity index (χ3v) is 3.92. The van der Waals surface area contributed by atoms with Gasteiger partial charge in [0, 0.05) is 32.2 Å². The van der Waals surface area contributed by atoms with E-state index >= 15 is 0 Å². The fourth-order valence-corrected chi connectivity index (χ4v) is 2.32. The number of hydrogen-bond donors (Lipinski definition) is 2. The molecule has 2 atom stereocenters. The first kappa shape index (κ1) is 16.9. The maximum absolute atomic E-state index is 12.2. The summed E-state index contributed by atoms with van der Waals surface area (Å²) in [5.74, 6) is 1.54. The Hall–Kier alpha value is -1.46.